The molecule has 1 heterocycles. The van der Waals surface area contributed by atoms with Gasteiger partial charge < -0.3 is 10.6 Å². The maximum absolute atomic E-state index is 12.5. The van der Waals surface area contributed by atoms with E-state index in [-0.39, 0.29) is 18.4 Å². The molecule has 2 aliphatic rings. The molecule has 1 saturated heterocycles. The molecule has 1 atom stereocenters. The Kier molecular flexibility index (Phi) is 3.80. The number of rotatable bonds is 4. The van der Waals surface area contributed by atoms with Crippen LogP contribution in [-0.2, 0) is 9.59 Å². The molecular weight excluding hydrogens is 318 g/mol. The molecule has 1 aromatic carbocycles. The summed E-state index contributed by atoms with van der Waals surface area (Å²) in [6.07, 6.45) is 1.85. The summed E-state index contributed by atoms with van der Waals surface area (Å²) in [7, 11) is 0. The number of carbonyl (C=O) groups is 3. The molecule has 1 aliphatic carbocycles. The van der Waals surface area contributed by atoms with Gasteiger partial charge in [-0.15, -0.1) is 0 Å². The van der Waals surface area contributed by atoms with Gasteiger partial charge in [-0.1, -0.05) is 11.6 Å². The summed E-state index contributed by atoms with van der Waals surface area (Å²) < 4.78 is 0. The topological polar surface area (TPSA) is 78.5 Å². The Labute approximate surface area is 139 Å². The van der Waals surface area contributed by atoms with Crippen molar-refractivity contribution in [3.63, 3.8) is 0 Å². The van der Waals surface area contributed by atoms with Crippen molar-refractivity contribution in [3.8, 4) is 0 Å². The highest BCUT2D eigenvalue weighted by Crippen LogP contribution is 2.42. The van der Waals surface area contributed by atoms with E-state index in [2.05, 4.69) is 10.6 Å². The average molecular weight is 336 g/mol. The van der Waals surface area contributed by atoms with E-state index in [4.69, 9.17) is 11.6 Å². The molecule has 0 bridgehead atoms. The maximum atomic E-state index is 12.5. The van der Waals surface area contributed by atoms with Crippen LogP contribution in [0.3, 0.4) is 0 Å². The second-order valence-corrected chi connectivity index (χ2v) is 6.74. The SMILES string of the molecule is Cc1cc(Cl)ccc1NC(=O)CN1C(=O)N[C@@](C)(C2CC2)C1=O. The number of carbonyl (C=O) groups excluding carboxylic acids is 3. The first-order chi connectivity index (χ1) is 10.8. The van der Waals surface area contributed by atoms with Crippen LogP contribution in [0.1, 0.15) is 25.3 Å². The summed E-state index contributed by atoms with van der Waals surface area (Å²) in [5.74, 6) is -0.572. The number of halogens is 1. The molecule has 3 rings (SSSR count). The van der Waals surface area contributed by atoms with E-state index in [9.17, 15) is 14.4 Å². The van der Waals surface area contributed by atoms with Crippen LogP contribution in [0.25, 0.3) is 0 Å². The fourth-order valence-corrected chi connectivity index (χ4v) is 3.12. The molecule has 0 aromatic heterocycles. The van der Waals surface area contributed by atoms with Crippen LogP contribution in [0.5, 0.6) is 0 Å². The Morgan fingerprint density at radius 2 is 2.13 bits per heavy atom. The number of aryl methyl sites for hydroxylation is 1. The number of hydrogen-bond donors (Lipinski definition) is 2. The second kappa shape index (κ2) is 5.53. The van der Waals surface area contributed by atoms with E-state index in [0.717, 1.165) is 23.3 Å². The summed E-state index contributed by atoms with van der Waals surface area (Å²) in [6.45, 7) is 3.25. The van der Waals surface area contributed by atoms with E-state index in [1.165, 1.54) is 0 Å². The Bertz CT molecular complexity index is 702. The lowest BCUT2D eigenvalue weighted by molar-refractivity contribution is -0.134. The van der Waals surface area contributed by atoms with Crippen molar-refractivity contribution in [1.29, 1.82) is 0 Å². The van der Waals surface area contributed by atoms with E-state index in [1.54, 1.807) is 25.1 Å². The lowest BCUT2D eigenvalue weighted by atomic mass is 9.96. The summed E-state index contributed by atoms with van der Waals surface area (Å²) in [4.78, 5) is 37.7. The van der Waals surface area contributed by atoms with E-state index in [0.29, 0.717) is 10.7 Å². The van der Waals surface area contributed by atoms with Crippen molar-refractivity contribution in [2.45, 2.75) is 32.2 Å². The number of amides is 4. The molecule has 4 amide bonds. The molecule has 2 fully saturated rings. The maximum Gasteiger partial charge on any atom is 0.325 e. The van der Waals surface area contributed by atoms with Crippen molar-refractivity contribution < 1.29 is 14.4 Å². The number of urea groups is 1. The van der Waals surface area contributed by atoms with Gasteiger partial charge in [0.05, 0.1) is 0 Å². The Morgan fingerprint density at radius 3 is 2.74 bits per heavy atom. The first kappa shape index (κ1) is 15.8. The average Bonchev–Trinajstić information content (AvgIpc) is 3.28. The first-order valence-electron chi connectivity index (χ1n) is 7.51. The smallest absolute Gasteiger partial charge is 0.324 e. The standard InChI is InChI=1S/C16H18ClN3O3/c1-9-7-11(17)5-6-12(9)18-13(21)8-20-14(22)16(2,10-3-4-10)19-15(20)23/h5-7,10H,3-4,8H2,1-2H3,(H,18,21)(H,19,23)/t16-/m0/s1. The predicted octanol–water partition coefficient (Wildman–Crippen LogP) is 2.31. The molecule has 2 N–H and O–H groups in total. The van der Waals surface area contributed by atoms with Gasteiger partial charge in [0.15, 0.2) is 0 Å². The summed E-state index contributed by atoms with van der Waals surface area (Å²) in [5, 5.41) is 6.00. The lowest BCUT2D eigenvalue weighted by Crippen LogP contribution is -2.46. The lowest BCUT2D eigenvalue weighted by Gasteiger charge is -2.20. The molecule has 1 aliphatic heterocycles. The van der Waals surface area contributed by atoms with Gasteiger partial charge in [0.1, 0.15) is 12.1 Å². The molecular formula is C16H18ClN3O3. The fourth-order valence-electron chi connectivity index (χ4n) is 2.90. The number of nitrogens with zero attached hydrogens (tertiary/aromatic N) is 1. The monoisotopic (exact) mass is 335 g/mol. The van der Waals surface area contributed by atoms with Crippen molar-refractivity contribution in [3.05, 3.63) is 28.8 Å². The number of anilines is 1. The highest BCUT2D eigenvalue weighted by molar-refractivity contribution is 6.30. The molecule has 1 aromatic rings. The van der Waals surface area contributed by atoms with Crippen LogP contribution >= 0.6 is 11.6 Å². The predicted molar refractivity (Wildman–Crippen MR) is 86.2 cm³/mol. The third kappa shape index (κ3) is 2.91. The quantitative estimate of drug-likeness (QED) is 0.829. The van der Waals surface area contributed by atoms with Crippen molar-refractivity contribution in [2.24, 2.45) is 5.92 Å². The van der Waals surface area contributed by atoms with Gasteiger partial charge in [-0.05, 0) is 56.4 Å². The van der Waals surface area contributed by atoms with Crippen molar-refractivity contribution in [2.75, 3.05) is 11.9 Å². The van der Waals surface area contributed by atoms with Crippen LogP contribution in [0, 0.1) is 12.8 Å². The highest BCUT2D eigenvalue weighted by Gasteiger charge is 2.56. The van der Waals surface area contributed by atoms with Gasteiger partial charge in [0.25, 0.3) is 5.91 Å². The van der Waals surface area contributed by atoms with E-state index >= 15 is 0 Å². The highest BCUT2D eigenvalue weighted by atomic mass is 35.5. The van der Waals surface area contributed by atoms with Crippen LogP contribution in [0.4, 0.5) is 10.5 Å². The van der Waals surface area contributed by atoms with E-state index in [1.807, 2.05) is 6.92 Å². The Morgan fingerprint density at radius 1 is 1.43 bits per heavy atom. The molecule has 1 saturated carbocycles. The third-order valence-electron chi connectivity index (χ3n) is 4.46. The first-order valence-corrected chi connectivity index (χ1v) is 7.89. The number of benzene rings is 1. The largest absolute Gasteiger partial charge is 0.325 e. The number of hydrogen-bond acceptors (Lipinski definition) is 3. The zero-order valence-electron chi connectivity index (χ0n) is 13.0. The van der Waals surface area contributed by atoms with Gasteiger partial charge in [0.2, 0.25) is 5.91 Å². The molecule has 6 nitrogen and oxygen atoms in total. The van der Waals surface area contributed by atoms with Crippen molar-refractivity contribution >= 4 is 35.1 Å². The zero-order valence-corrected chi connectivity index (χ0v) is 13.7. The fraction of sp³-hybridized carbons (Fsp3) is 0.438. The minimum atomic E-state index is -0.868. The van der Waals surface area contributed by atoms with Gasteiger partial charge in [-0.25, -0.2) is 4.79 Å². The molecule has 7 heteroatoms. The van der Waals surface area contributed by atoms with Gasteiger partial charge in [0, 0.05) is 10.7 Å². The second-order valence-electron chi connectivity index (χ2n) is 6.31. The summed E-state index contributed by atoms with van der Waals surface area (Å²) in [6, 6.07) is 4.58. The zero-order chi connectivity index (χ0) is 16.8. The van der Waals surface area contributed by atoms with Crippen LogP contribution in [0.15, 0.2) is 18.2 Å². The Hall–Kier alpha value is -2.08. The Balaban J connectivity index is 1.68. The summed E-state index contributed by atoms with van der Waals surface area (Å²) >= 11 is 5.88. The normalized spacial score (nSPS) is 23.9. The van der Waals surface area contributed by atoms with Crippen LogP contribution in [0.2, 0.25) is 5.02 Å². The van der Waals surface area contributed by atoms with Gasteiger partial charge in [-0.3, -0.25) is 14.5 Å². The number of nitrogens with one attached hydrogen (secondary N) is 2. The van der Waals surface area contributed by atoms with E-state index < -0.39 is 17.5 Å². The number of imide groups is 1. The minimum Gasteiger partial charge on any atom is -0.324 e. The van der Waals surface area contributed by atoms with Crippen LogP contribution in [-0.4, -0.2) is 34.8 Å². The third-order valence-corrected chi connectivity index (χ3v) is 4.69. The summed E-state index contributed by atoms with van der Waals surface area (Å²) in [5.41, 5.74) is 0.551. The minimum absolute atomic E-state index is 0.172. The molecule has 23 heavy (non-hydrogen) atoms. The van der Waals surface area contributed by atoms with Gasteiger partial charge in [-0.2, -0.15) is 0 Å². The molecule has 122 valence electrons. The molecule has 0 spiro atoms. The van der Waals surface area contributed by atoms with Crippen LogP contribution < -0.4 is 10.6 Å². The molecule has 0 radical (unpaired) electrons. The molecule has 0 unspecified atom stereocenters. The van der Waals surface area contributed by atoms with Gasteiger partial charge >= 0.3 is 6.03 Å². The van der Waals surface area contributed by atoms with Crippen molar-refractivity contribution in [1.82, 2.24) is 10.2 Å².